The lowest BCUT2D eigenvalue weighted by Gasteiger charge is -2.22. The molecule has 6 nitrogen and oxygen atoms in total. The van der Waals surface area contributed by atoms with Crippen LogP contribution in [-0.2, 0) is 7.05 Å². The second-order valence-electron chi connectivity index (χ2n) is 7.35. The van der Waals surface area contributed by atoms with Crippen molar-refractivity contribution in [1.82, 2.24) is 19.4 Å². The standard InChI is InChI=1S/C19H21N5OS/c1-12-20-16(11-26-12)18(25)23-7-13-9-24(10-14(13)8-23)19-21-15-5-3-4-6-17(15)22(19)2/h3-6,11,13-14H,7-10H2,1-2H3. The number of nitrogens with zero attached hydrogens (tertiary/aromatic N) is 5. The van der Waals surface area contributed by atoms with Gasteiger partial charge in [0.25, 0.3) is 5.91 Å². The summed E-state index contributed by atoms with van der Waals surface area (Å²) in [6.07, 6.45) is 0. The van der Waals surface area contributed by atoms with Crippen molar-refractivity contribution in [3.05, 3.63) is 40.3 Å². The Hall–Kier alpha value is -2.41. The summed E-state index contributed by atoms with van der Waals surface area (Å²) in [5.74, 6) is 2.14. The van der Waals surface area contributed by atoms with Gasteiger partial charge in [0.2, 0.25) is 5.95 Å². The Bertz CT molecular complexity index is 979. The molecule has 7 heteroatoms. The van der Waals surface area contributed by atoms with Crippen LogP contribution in [0.5, 0.6) is 0 Å². The van der Waals surface area contributed by atoms with Crippen molar-refractivity contribution in [2.75, 3.05) is 31.1 Å². The highest BCUT2D eigenvalue weighted by Crippen LogP contribution is 2.35. The fourth-order valence-corrected chi connectivity index (χ4v) is 4.95. The summed E-state index contributed by atoms with van der Waals surface area (Å²) in [7, 11) is 2.08. The van der Waals surface area contributed by atoms with E-state index in [1.165, 1.54) is 11.3 Å². The molecule has 2 aromatic heterocycles. The van der Waals surface area contributed by atoms with E-state index in [1.54, 1.807) is 0 Å². The van der Waals surface area contributed by atoms with Crippen LogP contribution in [-0.4, -0.2) is 51.5 Å². The number of anilines is 1. The van der Waals surface area contributed by atoms with E-state index < -0.39 is 0 Å². The van der Waals surface area contributed by atoms with Crippen molar-refractivity contribution in [3.8, 4) is 0 Å². The minimum atomic E-state index is 0.0815. The number of para-hydroxylation sites is 2. The van der Waals surface area contributed by atoms with Gasteiger partial charge in [0, 0.05) is 50.4 Å². The van der Waals surface area contributed by atoms with Crippen molar-refractivity contribution in [2.45, 2.75) is 6.92 Å². The van der Waals surface area contributed by atoms with Gasteiger partial charge in [0.15, 0.2) is 0 Å². The van der Waals surface area contributed by atoms with Gasteiger partial charge in [-0.15, -0.1) is 11.3 Å². The molecule has 0 aliphatic carbocycles. The molecule has 2 aliphatic rings. The third-order valence-corrected chi connectivity index (χ3v) is 6.43. The number of carbonyl (C=O) groups is 1. The van der Waals surface area contributed by atoms with E-state index in [-0.39, 0.29) is 5.91 Å². The Labute approximate surface area is 156 Å². The summed E-state index contributed by atoms with van der Waals surface area (Å²) in [6, 6.07) is 8.25. The largest absolute Gasteiger partial charge is 0.342 e. The average molecular weight is 367 g/mol. The van der Waals surface area contributed by atoms with Crippen LogP contribution in [0.1, 0.15) is 15.5 Å². The molecule has 1 aromatic carbocycles. The maximum absolute atomic E-state index is 12.7. The maximum atomic E-state index is 12.7. The highest BCUT2D eigenvalue weighted by molar-refractivity contribution is 7.09. The van der Waals surface area contributed by atoms with Gasteiger partial charge in [-0.1, -0.05) is 12.1 Å². The molecule has 3 aromatic rings. The Kier molecular flexibility index (Phi) is 3.53. The van der Waals surface area contributed by atoms with Gasteiger partial charge in [-0.2, -0.15) is 0 Å². The number of amides is 1. The fourth-order valence-electron chi connectivity index (χ4n) is 4.36. The zero-order valence-corrected chi connectivity index (χ0v) is 15.7. The number of aromatic nitrogens is 3. The molecule has 26 heavy (non-hydrogen) atoms. The summed E-state index contributed by atoms with van der Waals surface area (Å²) in [4.78, 5) is 26.2. The predicted octanol–water partition coefficient (Wildman–Crippen LogP) is 2.55. The SMILES string of the molecule is Cc1nc(C(=O)N2CC3CN(c4nc5ccccc5n4C)CC3C2)cs1. The zero-order valence-electron chi connectivity index (χ0n) is 14.9. The third-order valence-electron chi connectivity index (χ3n) is 5.66. The van der Waals surface area contributed by atoms with Crippen LogP contribution in [0.15, 0.2) is 29.6 Å². The van der Waals surface area contributed by atoms with Gasteiger partial charge < -0.3 is 14.4 Å². The monoisotopic (exact) mass is 367 g/mol. The van der Waals surface area contributed by atoms with Gasteiger partial charge in [0.05, 0.1) is 16.0 Å². The Morgan fingerprint density at radius 3 is 2.50 bits per heavy atom. The molecule has 0 spiro atoms. The van der Waals surface area contributed by atoms with Gasteiger partial charge in [-0.3, -0.25) is 4.79 Å². The molecule has 0 saturated carbocycles. The van der Waals surface area contributed by atoms with E-state index in [1.807, 2.05) is 23.3 Å². The topological polar surface area (TPSA) is 54.3 Å². The predicted molar refractivity (Wildman–Crippen MR) is 103 cm³/mol. The first-order chi connectivity index (χ1) is 12.6. The number of fused-ring (bicyclic) bond motifs is 2. The number of aryl methyl sites for hydroxylation is 2. The summed E-state index contributed by atoms with van der Waals surface area (Å²) in [5.41, 5.74) is 2.80. The summed E-state index contributed by atoms with van der Waals surface area (Å²) in [5, 5.41) is 2.82. The van der Waals surface area contributed by atoms with Crippen molar-refractivity contribution in [1.29, 1.82) is 0 Å². The van der Waals surface area contributed by atoms with Crippen LogP contribution in [0.25, 0.3) is 11.0 Å². The first-order valence-corrected chi connectivity index (χ1v) is 9.86. The third kappa shape index (κ3) is 2.41. The van der Waals surface area contributed by atoms with Crippen molar-refractivity contribution >= 4 is 34.2 Å². The number of rotatable bonds is 2. The van der Waals surface area contributed by atoms with Crippen LogP contribution in [0.4, 0.5) is 5.95 Å². The van der Waals surface area contributed by atoms with Gasteiger partial charge in [-0.25, -0.2) is 9.97 Å². The summed E-state index contributed by atoms with van der Waals surface area (Å²) < 4.78 is 2.18. The smallest absolute Gasteiger partial charge is 0.273 e. The summed E-state index contributed by atoms with van der Waals surface area (Å²) >= 11 is 1.54. The van der Waals surface area contributed by atoms with Crippen molar-refractivity contribution < 1.29 is 4.79 Å². The molecule has 1 amide bonds. The van der Waals surface area contributed by atoms with Crippen LogP contribution >= 0.6 is 11.3 Å². The van der Waals surface area contributed by atoms with Crippen LogP contribution in [0.3, 0.4) is 0 Å². The molecule has 5 rings (SSSR count). The van der Waals surface area contributed by atoms with Crippen LogP contribution in [0, 0.1) is 18.8 Å². The first kappa shape index (κ1) is 15.8. The zero-order chi connectivity index (χ0) is 17.8. The Morgan fingerprint density at radius 2 is 1.85 bits per heavy atom. The molecule has 0 N–H and O–H groups in total. The highest BCUT2D eigenvalue weighted by Gasteiger charge is 2.43. The summed E-state index contributed by atoms with van der Waals surface area (Å²) in [6.45, 7) is 5.50. The molecular weight excluding hydrogens is 346 g/mol. The number of carbonyl (C=O) groups excluding carboxylic acids is 1. The normalized spacial score (nSPS) is 22.4. The van der Waals surface area contributed by atoms with Crippen LogP contribution < -0.4 is 4.90 Å². The van der Waals surface area contributed by atoms with E-state index in [2.05, 4.69) is 39.7 Å². The molecule has 0 bridgehead atoms. The fraction of sp³-hybridized carbons (Fsp3) is 0.421. The van der Waals surface area contributed by atoms with Crippen molar-refractivity contribution in [2.24, 2.45) is 18.9 Å². The lowest BCUT2D eigenvalue weighted by atomic mass is 10.0. The number of hydrogen-bond donors (Lipinski definition) is 0. The molecule has 2 unspecified atom stereocenters. The minimum absolute atomic E-state index is 0.0815. The first-order valence-electron chi connectivity index (χ1n) is 8.98. The van der Waals surface area contributed by atoms with E-state index in [0.717, 1.165) is 48.2 Å². The number of imidazole rings is 1. The molecule has 2 saturated heterocycles. The number of hydrogen-bond acceptors (Lipinski definition) is 5. The molecule has 4 heterocycles. The van der Waals surface area contributed by atoms with Crippen LogP contribution in [0.2, 0.25) is 0 Å². The van der Waals surface area contributed by atoms with Crippen molar-refractivity contribution in [3.63, 3.8) is 0 Å². The number of benzene rings is 1. The van der Waals surface area contributed by atoms with E-state index in [9.17, 15) is 4.79 Å². The minimum Gasteiger partial charge on any atom is -0.342 e. The van der Waals surface area contributed by atoms with E-state index in [4.69, 9.17) is 4.98 Å². The van der Waals surface area contributed by atoms with E-state index >= 15 is 0 Å². The molecular formula is C19H21N5OS. The Balaban J connectivity index is 1.32. The average Bonchev–Trinajstić information content (AvgIpc) is 3.37. The lowest BCUT2D eigenvalue weighted by molar-refractivity contribution is 0.0777. The molecule has 0 radical (unpaired) electrons. The number of likely N-dealkylation sites (tertiary alicyclic amines) is 1. The molecule has 134 valence electrons. The number of thiazole rings is 1. The molecule has 2 fully saturated rings. The van der Waals surface area contributed by atoms with Gasteiger partial charge in [-0.05, 0) is 19.1 Å². The van der Waals surface area contributed by atoms with Gasteiger partial charge >= 0.3 is 0 Å². The van der Waals surface area contributed by atoms with E-state index in [0.29, 0.717) is 17.5 Å². The second kappa shape index (κ2) is 5.81. The second-order valence-corrected chi connectivity index (χ2v) is 8.41. The highest BCUT2D eigenvalue weighted by atomic mass is 32.1. The van der Waals surface area contributed by atoms with Gasteiger partial charge in [0.1, 0.15) is 5.69 Å². The molecule has 2 atom stereocenters. The Morgan fingerprint density at radius 1 is 1.12 bits per heavy atom. The lowest BCUT2D eigenvalue weighted by Crippen LogP contribution is -2.34. The quantitative estimate of drug-likeness (QED) is 0.699. The maximum Gasteiger partial charge on any atom is 0.273 e. The molecule has 2 aliphatic heterocycles.